The summed E-state index contributed by atoms with van der Waals surface area (Å²) < 4.78 is 32.3. The number of hydrogen-bond acceptors (Lipinski definition) is 7. The molecule has 10 nitrogen and oxygen atoms in total. The van der Waals surface area contributed by atoms with E-state index in [1.165, 1.54) is 21.1 Å². The highest BCUT2D eigenvalue weighted by Gasteiger charge is 2.28. The smallest absolute Gasteiger partial charge is 0.409 e. The first kappa shape index (κ1) is 22.9. The number of hydrogen-bond donors (Lipinski definition) is 0. The number of carbonyl (C=O) groups excluding carboxylic acids is 3. The van der Waals surface area contributed by atoms with Crippen molar-refractivity contribution in [2.45, 2.75) is 6.92 Å². The van der Waals surface area contributed by atoms with E-state index >= 15 is 0 Å². The van der Waals surface area contributed by atoms with E-state index in [2.05, 4.69) is 4.99 Å². The Balaban J connectivity index is 1.59. The summed E-state index contributed by atoms with van der Waals surface area (Å²) in [5, 5.41) is 0. The van der Waals surface area contributed by atoms with Crippen LogP contribution in [0.5, 0.6) is 0 Å². The third-order valence-electron chi connectivity index (χ3n) is 4.78. The Bertz CT molecular complexity index is 1160. The molecule has 0 bridgehead atoms. The van der Waals surface area contributed by atoms with E-state index in [4.69, 9.17) is 4.74 Å². The molecule has 2 heterocycles. The van der Waals surface area contributed by atoms with Crippen molar-refractivity contribution in [3.8, 4) is 0 Å². The van der Waals surface area contributed by atoms with Crippen LogP contribution in [0, 0.1) is 0 Å². The number of thiazole rings is 1. The second-order valence-electron chi connectivity index (χ2n) is 7.02. The summed E-state index contributed by atoms with van der Waals surface area (Å²) in [5.41, 5.74) is 0.888. The molecule has 3 amide bonds. The highest BCUT2D eigenvalue weighted by Crippen LogP contribution is 2.15. The summed E-state index contributed by atoms with van der Waals surface area (Å²) >= 11 is 1.28. The number of amides is 3. The van der Waals surface area contributed by atoms with Gasteiger partial charge in [0, 0.05) is 33.2 Å². The number of nitrogens with zero attached hydrogens (tertiary/aromatic N) is 4. The molecule has 0 atom stereocenters. The van der Waals surface area contributed by atoms with Gasteiger partial charge >= 0.3 is 6.09 Å². The van der Waals surface area contributed by atoms with Crippen molar-refractivity contribution in [1.82, 2.24) is 14.4 Å². The zero-order valence-electron chi connectivity index (χ0n) is 17.3. The van der Waals surface area contributed by atoms with Gasteiger partial charge in [0.2, 0.25) is 5.91 Å². The molecule has 1 saturated heterocycles. The van der Waals surface area contributed by atoms with Crippen LogP contribution in [0.15, 0.2) is 29.3 Å². The summed E-state index contributed by atoms with van der Waals surface area (Å²) in [7, 11) is -2.23. The van der Waals surface area contributed by atoms with Crippen LogP contribution in [0.3, 0.4) is 0 Å². The van der Waals surface area contributed by atoms with Gasteiger partial charge in [0.05, 0.1) is 16.8 Å². The van der Waals surface area contributed by atoms with Crippen LogP contribution in [0.4, 0.5) is 4.79 Å². The van der Waals surface area contributed by atoms with Crippen molar-refractivity contribution in [2.75, 3.05) is 44.3 Å². The van der Waals surface area contributed by atoms with Crippen molar-refractivity contribution >= 4 is 49.3 Å². The molecule has 1 aliphatic heterocycles. The molecule has 0 saturated carbocycles. The lowest BCUT2D eigenvalue weighted by molar-refractivity contribution is -0.130. The molecule has 0 N–H and O–H groups in total. The van der Waals surface area contributed by atoms with Gasteiger partial charge in [0.15, 0.2) is 14.6 Å². The third kappa shape index (κ3) is 5.70. The lowest BCUT2D eigenvalue weighted by Gasteiger charge is -2.34. The van der Waals surface area contributed by atoms with Gasteiger partial charge in [-0.3, -0.25) is 9.59 Å². The SMILES string of the molecule is CCOC(=O)N1CCN(C(=O)CS(=O)(=O)CC(=O)N=c2sc3ccccc3n2C)CC1. The minimum atomic E-state index is -3.98. The van der Waals surface area contributed by atoms with Crippen LogP contribution < -0.4 is 4.80 Å². The molecule has 0 aliphatic carbocycles. The number of rotatable bonds is 5. The summed E-state index contributed by atoms with van der Waals surface area (Å²) in [6.07, 6.45) is -0.455. The molecule has 1 aromatic heterocycles. The fourth-order valence-corrected chi connectivity index (χ4v) is 5.34. The minimum Gasteiger partial charge on any atom is -0.450 e. The van der Waals surface area contributed by atoms with Crippen LogP contribution >= 0.6 is 11.3 Å². The van der Waals surface area contributed by atoms with Crippen LogP contribution in [-0.2, 0) is 31.2 Å². The average Bonchev–Trinajstić information content (AvgIpc) is 3.03. The van der Waals surface area contributed by atoms with Crippen molar-refractivity contribution < 1.29 is 27.5 Å². The van der Waals surface area contributed by atoms with Gasteiger partial charge in [-0.25, -0.2) is 13.2 Å². The van der Waals surface area contributed by atoms with Gasteiger partial charge in [0.25, 0.3) is 5.91 Å². The Morgan fingerprint density at radius 1 is 1.06 bits per heavy atom. The number of carbonyl (C=O) groups is 3. The average molecular weight is 469 g/mol. The first-order chi connectivity index (χ1) is 14.7. The fourth-order valence-electron chi connectivity index (χ4n) is 3.20. The van der Waals surface area contributed by atoms with Gasteiger partial charge in [-0.1, -0.05) is 23.5 Å². The van der Waals surface area contributed by atoms with E-state index in [1.807, 2.05) is 24.3 Å². The van der Waals surface area contributed by atoms with Crippen molar-refractivity contribution in [3.05, 3.63) is 29.1 Å². The second-order valence-corrected chi connectivity index (χ2v) is 10.1. The van der Waals surface area contributed by atoms with Crippen LogP contribution in [0.2, 0.25) is 0 Å². The normalized spacial score (nSPS) is 15.4. The van der Waals surface area contributed by atoms with Crippen molar-refractivity contribution in [2.24, 2.45) is 12.0 Å². The Labute approximate surface area is 183 Å². The maximum atomic E-state index is 12.4. The summed E-state index contributed by atoms with van der Waals surface area (Å²) in [4.78, 5) is 43.5. The van der Waals surface area contributed by atoms with E-state index in [0.717, 1.165) is 10.2 Å². The Morgan fingerprint density at radius 3 is 2.35 bits per heavy atom. The number of benzene rings is 1. The van der Waals surface area contributed by atoms with Crippen molar-refractivity contribution in [1.29, 1.82) is 0 Å². The predicted octanol–water partition coefficient (Wildman–Crippen LogP) is 0.383. The van der Waals surface area contributed by atoms with Gasteiger partial charge in [0.1, 0.15) is 11.5 Å². The summed E-state index contributed by atoms with van der Waals surface area (Å²) in [5.74, 6) is -3.02. The Hall–Kier alpha value is -2.73. The number of para-hydroxylation sites is 1. The number of aromatic nitrogens is 1. The van der Waals surface area contributed by atoms with Crippen LogP contribution in [0.1, 0.15) is 6.92 Å². The van der Waals surface area contributed by atoms with E-state index < -0.39 is 39.3 Å². The monoisotopic (exact) mass is 468 g/mol. The third-order valence-corrected chi connectivity index (χ3v) is 7.27. The molecular formula is C19H24N4O6S2. The minimum absolute atomic E-state index is 0.211. The maximum absolute atomic E-state index is 12.4. The molecule has 0 unspecified atom stereocenters. The van der Waals surface area contributed by atoms with E-state index in [-0.39, 0.29) is 32.8 Å². The molecule has 0 radical (unpaired) electrons. The van der Waals surface area contributed by atoms with E-state index in [0.29, 0.717) is 4.80 Å². The lowest BCUT2D eigenvalue weighted by Crippen LogP contribution is -2.52. The standard InChI is InChI=1S/C19H24N4O6S2/c1-3-29-19(26)23-10-8-22(9-11-23)17(25)13-31(27,28)12-16(24)20-18-21(2)14-6-4-5-7-15(14)30-18/h4-7H,3,8-13H2,1-2H3. The number of fused-ring (bicyclic) bond motifs is 1. The molecular weight excluding hydrogens is 444 g/mol. The second kappa shape index (κ2) is 9.60. The first-order valence-corrected chi connectivity index (χ1v) is 12.4. The number of sulfone groups is 1. The van der Waals surface area contributed by atoms with E-state index in [9.17, 15) is 22.8 Å². The molecule has 1 fully saturated rings. The van der Waals surface area contributed by atoms with Gasteiger partial charge in [-0.2, -0.15) is 4.99 Å². The molecule has 12 heteroatoms. The fraction of sp³-hybridized carbons (Fsp3) is 0.474. The molecule has 0 spiro atoms. The molecule has 168 valence electrons. The summed E-state index contributed by atoms with van der Waals surface area (Å²) in [6.45, 7) is 2.92. The maximum Gasteiger partial charge on any atom is 0.409 e. The number of aryl methyl sites for hydroxylation is 1. The zero-order chi connectivity index (χ0) is 22.6. The topological polar surface area (TPSA) is 118 Å². The number of ether oxygens (including phenoxy) is 1. The Morgan fingerprint density at radius 2 is 1.71 bits per heavy atom. The highest BCUT2D eigenvalue weighted by atomic mass is 32.2. The van der Waals surface area contributed by atoms with Gasteiger partial charge in [-0.05, 0) is 19.1 Å². The zero-order valence-corrected chi connectivity index (χ0v) is 18.9. The molecule has 1 aliphatic rings. The van der Waals surface area contributed by atoms with Gasteiger partial charge < -0.3 is 19.1 Å². The number of piperazine rings is 1. The first-order valence-electron chi connectivity index (χ1n) is 9.72. The predicted molar refractivity (Wildman–Crippen MR) is 115 cm³/mol. The van der Waals surface area contributed by atoms with Crippen LogP contribution in [0.25, 0.3) is 10.2 Å². The highest BCUT2D eigenvalue weighted by molar-refractivity contribution is 7.92. The van der Waals surface area contributed by atoms with Crippen LogP contribution in [-0.4, -0.2) is 85.0 Å². The summed E-state index contributed by atoms with van der Waals surface area (Å²) in [6, 6.07) is 7.50. The van der Waals surface area contributed by atoms with Gasteiger partial charge in [-0.15, -0.1) is 0 Å². The Kier molecular flexibility index (Phi) is 7.11. The molecule has 3 rings (SSSR count). The lowest BCUT2D eigenvalue weighted by atomic mass is 10.3. The quantitative estimate of drug-likeness (QED) is 0.626. The molecule has 31 heavy (non-hydrogen) atoms. The molecule has 2 aromatic rings. The molecule has 1 aromatic carbocycles. The van der Waals surface area contributed by atoms with E-state index in [1.54, 1.807) is 18.5 Å². The largest absolute Gasteiger partial charge is 0.450 e. The van der Waals surface area contributed by atoms with Crippen molar-refractivity contribution in [3.63, 3.8) is 0 Å².